The van der Waals surface area contributed by atoms with E-state index in [1.165, 1.54) is 11.8 Å². The highest BCUT2D eigenvalue weighted by Gasteiger charge is 2.37. The number of rotatable bonds is 5. The van der Waals surface area contributed by atoms with Crippen LogP contribution in [0.4, 0.5) is 0 Å². The number of benzene rings is 1. The zero-order valence-corrected chi connectivity index (χ0v) is 13.8. The first-order chi connectivity index (χ1) is 11.5. The molecule has 1 heterocycles. The molecule has 0 aromatic heterocycles. The van der Waals surface area contributed by atoms with E-state index in [2.05, 4.69) is 0 Å². The molecule has 6 nitrogen and oxygen atoms in total. The van der Waals surface area contributed by atoms with E-state index in [1.54, 1.807) is 4.90 Å². The minimum Gasteiger partial charge on any atom is -0.480 e. The van der Waals surface area contributed by atoms with Gasteiger partial charge in [0.2, 0.25) is 11.8 Å². The third-order valence-electron chi connectivity index (χ3n) is 4.80. The Hall–Kier alpha value is -2.37. The molecular weight excluding hydrogens is 308 g/mol. The molecule has 128 valence electrons. The molecule has 0 spiro atoms. The van der Waals surface area contributed by atoms with Crippen molar-refractivity contribution in [2.45, 2.75) is 44.7 Å². The van der Waals surface area contributed by atoms with E-state index in [4.69, 9.17) is 5.11 Å². The first-order valence-corrected chi connectivity index (χ1v) is 8.33. The summed E-state index contributed by atoms with van der Waals surface area (Å²) >= 11 is 0. The predicted molar refractivity (Wildman–Crippen MR) is 87.3 cm³/mol. The summed E-state index contributed by atoms with van der Waals surface area (Å²) in [7, 11) is 0. The molecule has 2 aliphatic rings. The lowest BCUT2D eigenvalue weighted by atomic mass is 9.90. The molecular formula is C18H22N2O4. The molecule has 1 aliphatic carbocycles. The van der Waals surface area contributed by atoms with Crippen molar-refractivity contribution in [1.29, 1.82) is 0 Å². The second-order valence-electron chi connectivity index (χ2n) is 6.53. The van der Waals surface area contributed by atoms with Crippen molar-refractivity contribution < 1.29 is 19.5 Å². The van der Waals surface area contributed by atoms with Crippen LogP contribution in [-0.4, -0.2) is 51.8 Å². The standard InChI is InChI=1S/C18H22N2O4/c1-12(21)19-9-8-13-4-2-3-5-15(13)16(19)10-17(22)20(11-18(23)24)14-6-7-14/h2-5,14,16H,6-11H2,1H3,(H,23,24). The molecule has 2 amide bonds. The van der Waals surface area contributed by atoms with E-state index in [0.29, 0.717) is 6.54 Å². The highest BCUT2D eigenvalue weighted by molar-refractivity contribution is 5.83. The molecule has 0 radical (unpaired) electrons. The van der Waals surface area contributed by atoms with E-state index >= 15 is 0 Å². The third-order valence-corrected chi connectivity index (χ3v) is 4.80. The van der Waals surface area contributed by atoms with E-state index in [1.807, 2.05) is 24.3 Å². The number of carboxylic acids is 1. The van der Waals surface area contributed by atoms with Gasteiger partial charge in [-0.05, 0) is 30.4 Å². The Labute approximate surface area is 141 Å². The van der Waals surface area contributed by atoms with Crippen molar-refractivity contribution in [3.8, 4) is 0 Å². The summed E-state index contributed by atoms with van der Waals surface area (Å²) in [6.07, 6.45) is 2.63. The number of nitrogens with zero attached hydrogens (tertiary/aromatic N) is 2. The molecule has 1 saturated carbocycles. The summed E-state index contributed by atoms with van der Waals surface area (Å²) in [5.74, 6) is -1.24. The van der Waals surface area contributed by atoms with Gasteiger partial charge in [-0.3, -0.25) is 14.4 Å². The Morgan fingerprint density at radius 2 is 1.96 bits per heavy atom. The molecule has 1 atom stereocenters. The van der Waals surface area contributed by atoms with E-state index in [0.717, 1.165) is 30.4 Å². The number of carbonyl (C=O) groups is 3. The van der Waals surface area contributed by atoms with Crippen LogP contribution in [0.3, 0.4) is 0 Å². The van der Waals surface area contributed by atoms with E-state index in [-0.39, 0.29) is 36.9 Å². The smallest absolute Gasteiger partial charge is 0.323 e. The molecule has 6 heteroatoms. The minimum absolute atomic E-state index is 0.0400. The van der Waals surface area contributed by atoms with Crippen molar-refractivity contribution >= 4 is 17.8 Å². The topological polar surface area (TPSA) is 77.9 Å². The Kier molecular flexibility index (Phi) is 4.55. The largest absolute Gasteiger partial charge is 0.480 e. The predicted octanol–water partition coefficient (Wildman–Crippen LogP) is 1.60. The molecule has 1 unspecified atom stereocenters. The minimum atomic E-state index is -0.997. The van der Waals surface area contributed by atoms with Crippen LogP contribution in [0.15, 0.2) is 24.3 Å². The van der Waals surface area contributed by atoms with E-state index in [9.17, 15) is 14.4 Å². The third kappa shape index (κ3) is 3.42. The first-order valence-electron chi connectivity index (χ1n) is 8.33. The van der Waals surface area contributed by atoms with Gasteiger partial charge in [-0.1, -0.05) is 24.3 Å². The maximum atomic E-state index is 12.7. The lowest BCUT2D eigenvalue weighted by Crippen LogP contribution is -2.43. The number of aliphatic carboxylic acids is 1. The fourth-order valence-corrected chi connectivity index (χ4v) is 3.48. The lowest BCUT2D eigenvalue weighted by Gasteiger charge is -2.37. The van der Waals surface area contributed by atoms with Gasteiger partial charge < -0.3 is 14.9 Å². The van der Waals surface area contributed by atoms with Gasteiger partial charge in [-0.2, -0.15) is 0 Å². The zero-order chi connectivity index (χ0) is 17.3. The van der Waals surface area contributed by atoms with Crippen LogP contribution in [0, 0.1) is 0 Å². The monoisotopic (exact) mass is 330 g/mol. The lowest BCUT2D eigenvalue weighted by molar-refractivity contribution is -0.146. The SMILES string of the molecule is CC(=O)N1CCc2ccccc2C1CC(=O)N(CC(=O)O)C1CC1. The van der Waals surface area contributed by atoms with Crippen LogP contribution >= 0.6 is 0 Å². The molecule has 24 heavy (non-hydrogen) atoms. The van der Waals surface area contributed by atoms with Crippen molar-refractivity contribution in [3.05, 3.63) is 35.4 Å². The second-order valence-corrected chi connectivity index (χ2v) is 6.53. The van der Waals surface area contributed by atoms with Gasteiger partial charge in [0, 0.05) is 19.5 Å². The molecule has 1 aliphatic heterocycles. The van der Waals surface area contributed by atoms with Gasteiger partial charge >= 0.3 is 5.97 Å². The Morgan fingerprint density at radius 3 is 2.58 bits per heavy atom. The summed E-state index contributed by atoms with van der Waals surface area (Å²) in [6.45, 7) is 1.84. The first kappa shape index (κ1) is 16.5. The van der Waals surface area contributed by atoms with Crippen LogP contribution < -0.4 is 0 Å². The number of hydrogen-bond acceptors (Lipinski definition) is 3. The van der Waals surface area contributed by atoms with Crippen LogP contribution in [0.1, 0.15) is 43.4 Å². The van der Waals surface area contributed by atoms with Crippen molar-refractivity contribution in [3.63, 3.8) is 0 Å². The second kappa shape index (κ2) is 6.63. The van der Waals surface area contributed by atoms with Crippen molar-refractivity contribution in [2.75, 3.05) is 13.1 Å². The molecule has 1 fully saturated rings. The average molecular weight is 330 g/mol. The molecule has 1 N–H and O–H groups in total. The van der Waals surface area contributed by atoms with Crippen molar-refractivity contribution in [2.24, 2.45) is 0 Å². The normalized spacial score (nSPS) is 19.5. The van der Waals surface area contributed by atoms with Gasteiger partial charge in [-0.25, -0.2) is 0 Å². The van der Waals surface area contributed by atoms with Crippen LogP contribution in [-0.2, 0) is 20.8 Å². The fourth-order valence-electron chi connectivity index (χ4n) is 3.48. The zero-order valence-electron chi connectivity index (χ0n) is 13.8. The summed E-state index contributed by atoms with van der Waals surface area (Å²) < 4.78 is 0. The highest BCUT2D eigenvalue weighted by Crippen LogP contribution is 2.34. The van der Waals surface area contributed by atoms with Gasteiger partial charge in [0.15, 0.2) is 0 Å². The van der Waals surface area contributed by atoms with Crippen LogP contribution in [0.5, 0.6) is 0 Å². The Balaban J connectivity index is 1.83. The number of fused-ring (bicyclic) bond motifs is 1. The summed E-state index contributed by atoms with van der Waals surface area (Å²) in [6, 6.07) is 7.59. The number of amides is 2. The summed E-state index contributed by atoms with van der Waals surface area (Å²) in [5, 5.41) is 9.05. The van der Waals surface area contributed by atoms with E-state index < -0.39 is 5.97 Å². The Morgan fingerprint density at radius 1 is 1.25 bits per heavy atom. The number of carboxylic acid groups (broad SMARTS) is 1. The molecule has 3 rings (SSSR count). The van der Waals surface area contributed by atoms with Gasteiger partial charge in [-0.15, -0.1) is 0 Å². The average Bonchev–Trinajstić information content (AvgIpc) is 3.37. The van der Waals surface area contributed by atoms with Gasteiger partial charge in [0.25, 0.3) is 0 Å². The maximum absolute atomic E-state index is 12.7. The van der Waals surface area contributed by atoms with Crippen molar-refractivity contribution in [1.82, 2.24) is 9.80 Å². The quantitative estimate of drug-likeness (QED) is 0.889. The summed E-state index contributed by atoms with van der Waals surface area (Å²) in [4.78, 5) is 39.0. The molecule has 0 saturated heterocycles. The molecule has 0 bridgehead atoms. The van der Waals surface area contributed by atoms with Crippen LogP contribution in [0.2, 0.25) is 0 Å². The number of carbonyl (C=O) groups excluding carboxylic acids is 2. The summed E-state index contributed by atoms with van der Waals surface area (Å²) in [5.41, 5.74) is 2.15. The molecule has 1 aromatic rings. The highest BCUT2D eigenvalue weighted by atomic mass is 16.4. The van der Waals surface area contributed by atoms with Gasteiger partial charge in [0.05, 0.1) is 12.5 Å². The number of hydrogen-bond donors (Lipinski definition) is 1. The maximum Gasteiger partial charge on any atom is 0.323 e. The van der Waals surface area contributed by atoms with Crippen LogP contribution in [0.25, 0.3) is 0 Å². The molecule has 1 aromatic carbocycles. The fraction of sp³-hybridized carbons (Fsp3) is 0.500. The van der Waals surface area contributed by atoms with Gasteiger partial charge in [0.1, 0.15) is 6.54 Å². The Bertz CT molecular complexity index is 669.